The zero-order valence-corrected chi connectivity index (χ0v) is 13.0. The van der Waals surface area contributed by atoms with Crippen molar-refractivity contribution >= 4 is 11.6 Å². The Kier molecular flexibility index (Phi) is 4.71. The van der Waals surface area contributed by atoms with Gasteiger partial charge in [-0.05, 0) is 38.5 Å². The van der Waals surface area contributed by atoms with Crippen molar-refractivity contribution in [1.82, 2.24) is 0 Å². The Morgan fingerprint density at radius 1 is 1.24 bits per heavy atom. The van der Waals surface area contributed by atoms with Gasteiger partial charge in [-0.15, -0.1) is 0 Å². The first-order valence-electron chi connectivity index (χ1n) is 6.77. The average Bonchev–Trinajstić information content (AvgIpc) is 2.67. The number of hydrogen-bond donors (Lipinski definition) is 2. The fourth-order valence-electron chi connectivity index (χ4n) is 2.72. The lowest BCUT2D eigenvalue weighted by Crippen LogP contribution is -2.22. The Bertz CT molecular complexity index is 634. The van der Waals surface area contributed by atoms with Gasteiger partial charge < -0.3 is 15.3 Å². The number of nitrogens with two attached hydrogens (primary N) is 1. The molecule has 0 bridgehead atoms. The summed E-state index contributed by atoms with van der Waals surface area (Å²) < 4.78 is 19.6. The van der Waals surface area contributed by atoms with Gasteiger partial charge in [0.05, 0.1) is 6.10 Å². The van der Waals surface area contributed by atoms with Crippen molar-refractivity contribution < 1.29 is 13.9 Å². The third-order valence-corrected chi connectivity index (χ3v) is 4.25. The van der Waals surface area contributed by atoms with Gasteiger partial charge in [0.25, 0.3) is 0 Å². The molecule has 5 heteroatoms. The first-order valence-corrected chi connectivity index (χ1v) is 7.14. The summed E-state index contributed by atoms with van der Waals surface area (Å²) in [6, 6.07) is 4.44. The molecular formula is C16H19ClFNO2. The van der Waals surface area contributed by atoms with Crippen molar-refractivity contribution in [3.8, 4) is 0 Å². The largest absolute Gasteiger partial charge is 0.466 e. The monoisotopic (exact) mass is 311 g/mol. The maximum absolute atomic E-state index is 14.1. The fraction of sp³-hybridized carbons (Fsp3) is 0.375. The Morgan fingerprint density at radius 2 is 1.90 bits per heavy atom. The lowest BCUT2D eigenvalue weighted by Gasteiger charge is -2.24. The molecule has 1 heterocycles. The predicted molar refractivity (Wildman–Crippen MR) is 81.1 cm³/mol. The predicted octanol–water partition coefficient (Wildman–Crippen LogP) is 3.77. The van der Waals surface area contributed by atoms with Gasteiger partial charge in [-0.1, -0.05) is 17.7 Å². The first kappa shape index (κ1) is 16.0. The van der Waals surface area contributed by atoms with Crippen LogP contribution in [0.1, 0.15) is 40.2 Å². The maximum atomic E-state index is 14.1. The van der Waals surface area contributed by atoms with Crippen LogP contribution in [0.5, 0.6) is 0 Å². The second-order valence-corrected chi connectivity index (χ2v) is 5.58. The summed E-state index contributed by atoms with van der Waals surface area (Å²) in [6.45, 7) is 5.53. The summed E-state index contributed by atoms with van der Waals surface area (Å²) >= 11 is 6.09. The number of hydrogen-bond acceptors (Lipinski definition) is 3. The molecule has 0 saturated carbocycles. The normalized spacial score (nSPS) is 14.2. The fourth-order valence-corrected chi connectivity index (χ4v) is 3.02. The van der Waals surface area contributed by atoms with E-state index in [0.717, 1.165) is 11.3 Å². The van der Waals surface area contributed by atoms with Crippen molar-refractivity contribution in [2.75, 3.05) is 6.54 Å². The summed E-state index contributed by atoms with van der Waals surface area (Å²) in [5.74, 6) is 0.251. The van der Waals surface area contributed by atoms with E-state index < -0.39 is 17.8 Å². The highest BCUT2D eigenvalue weighted by molar-refractivity contribution is 6.31. The summed E-state index contributed by atoms with van der Waals surface area (Å²) in [5, 5.41) is 11.0. The van der Waals surface area contributed by atoms with Crippen LogP contribution >= 0.6 is 11.6 Å². The van der Waals surface area contributed by atoms with Crippen molar-refractivity contribution in [3.63, 3.8) is 0 Å². The first-order chi connectivity index (χ1) is 9.88. The molecule has 2 unspecified atom stereocenters. The number of aliphatic hydroxyl groups is 1. The zero-order chi connectivity index (χ0) is 15.7. The molecular weight excluding hydrogens is 293 g/mol. The Labute approximate surface area is 128 Å². The van der Waals surface area contributed by atoms with Gasteiger partial charge in [-0.2, -0.15) is 0 Å². The molecule has 0 amide bonds. The summed E-state index contributed by atoms with van der Waals surface area (Å²) in [6.07, 6.45) is -0.971. The molecule has 1 aromatic carbocycles. The Morgan fingerprint density at radius 3 is 2.38 bits per heavy atom. The molecule has 2 rings (SSSR count). The average molecular weight is 312 g/mol. The van der Waals surface area contributed by atoms with Crippen LogP contribution in [0.4, 0.5) is 4.39 Å². The van der Waals surface area contributed by atoms with Crippen molar-refractivity contribution in [3.05, 3.63) is 57.2 Å². The Balaban J connectivity index is 2.51. The molecule has 2 aromatic rings. The minimum Gasteiger partial charge on any atom is -0.466 e. The summed E-state index contributed by atoms with van der Waals surface area (Å²) in [4.78, 5) is 0. The number of furan rings is 1. The highest BCUT2D eigenvalue weighted by Crippen LogP contribution is 2.39. The highest BCUT2D eigenvalue weighted by atomic mass is 35.5. The molecule has 114 valence electrons. The number of rotatable bonds is 4. The van der Waals surface area contributed by atoms with E-state index in [-0.39, 0.29) is 17.1 Å². The number of aryl methyl sites for hydroxylation is 2. The van der Waals surface area contributed by atoms with E-state index in [2.05, 4.69) is 0 Å². The van der Waals surface area contributed by atoms with Crippen molar-refractivity contribution in [2.24, 2.45) is 5.73 Å². The smallest absolute Gasteiger partial charge is 0.128 e. The van der Waals surface area contributed by atoms with E-state index in [9.17, 15) is 9.50 Å². The van der Waals surface area contributed by atoms with Gasteiger partial charge in [0.1, 0.15) is 17.3 Å². The molecule has 2 atom stereocenters. The van der Waals surface area contributed by atoms with E-state index in [4.69, 9.17) is 21.8 Å². The van der Waals surface area contributed by atoms with E-state index in [0.29, 0.717) is 11.3 Å². The topological polar surface area (TPSA) is 59.4 Å². The minimum absolute atomic E-state index is 0.0743. The van der Waals surface area contributed by atoms with E-state index >= 15 is 0 Å². The number of halogens is 2. The molecule has 3 nitrogen and oxygen atoms in total. The molecule has 0 spiro atoms. The van der Waals surface area contributed by atoms with E-state index in [1.54, 1.807) is 13.0 Å². The molecule has 0 aliphatic rings. The van der Waals surface area contributed by atoms with Crippen LogP contribution in [0.3, 0.4) is 0 Å². The van der Waals surface area contributed by atoms with Crippen LogP contribution in [0.25, 0.3) is 0 Å². The lowest BCUT2D eigenvalue weighted by molar-refractivity contribution is 0.143. The molecule has 0 aliphatic carbocycles. The lowest BCUT2D eigenvalue weighted by atomic mass is 9.87. The van der Waals surface area contributed by atoms with Gasteiger partial charge in [-0.25, -0.2) is 4.39 Å². The van der Waals surface area contributed by atoms with Crippen LogP contribution in [0.2, 0.25) is 5.02 Å². The number of benzene rings is 1. The molecule has 1 aromatic heterocycles. The highest BCUT2D eigenvalue weighted by Gasteiger charge is 2.30. The number of aliphatic hydroxyl groups excluding tert-OH is 1. The van der Waals surface area contributed by atoms with Gasteiger partial charge >= 0.3 is 0 Å². The van der Waals surface area contributed by atoms with E-state index in [1.165, 1.54) is 12.1 Å². The third-order valence-electron chi connectivity index (χ3n) is 3.92. The molecule has 0 radical (unpaired) electrons. The van der Waals surface area contributed by atoms with Crippen LogP contribution in [-0.4, -0.2) is 11.7 Å². The summed E-state index contributed by atoms with van der Waals surface area (Å²) in [7, 11) is 0. The summed E-state index contributed by atoms with van der Waals surface area (Å²) in [5.41, 5.74) is 7.52. The van der Waals surface area contributed by atoms with E-state index in [1.807, 2.05) is 13.8 Å². The second kappa shape index (κ2) is 6.18. The van der Waals surface area contributed by atoms with Crippen LogP contribution in [0, 0.1) is 26.6 Å². The molecule has 0 saturated heterocycles. The quantitative estimate of drug-likeness (QED) is 0.903. The third kappa shape index (κ3) is 2.84. The zero-order valence-electron chi connectivity index (χ0n) is 12.3. The van der Waals surface area contributed by atoms with Crippen LogP contribution < -0.4 is 5.73 Å². The van der Waals surface area contributed by atoms with Crippen LogP contribution in [0.15, 0.2) is 22.6 Å². The second-order valence-electron chi connectivity index (χ2n) is 5.18. The van der Waals surface area contributed by atoms with Gasteiger partial charge in [0, 0.05) is 28.6 Å². The maximum Gasteiger partial charge on any atom is 0.128 e. The van der Waals surface area contributed by atoms with Crippen molar-refractivity contribution in [2.45, 2.75) is 32.8 Å². The van der Waals surface area contributed by atoms with Crippen molar-refractivity contribution in [1.29, 1.82) is 0 Å². The molecule has 21 heavy (non-hydrogen) atoms. The van der Waals surface area contributed by atoms with Gasteiger partial charge in [0.15, 0.2) is 0 Å². The van der Waals surface area contributed by atoms with Gasteiger partial charge in [-0.3, -0.25) is 0 Å². The van der Waals surface area contributed by atoms with Gasteiger partial charge in [0.2, 0.25) is 0 Å². The standard InChI is InChI=1S/C16H19ClFNO2/c1-8-9(2)21-10(3)14(8)16(20)11(7-19)15-12(17)5-4-6-13(15)18/h4-6,11,16,20H,7,19H2,1-3H3. The van der Waals surface area contributed by atoms with Crippen LogP contribution in [-0.2, 0) is 0 Å². The SMILES string of the molecule is Cc1oc(C)c(C(O)C(CN)c2c(F)cccc2Cl)c1C. The molecule has 0 aliphatic heterocycles. The molecule has 3 N–H and O–H groups in total. The molecule has 0 fully saturated rings. The minimum atomic E-state index is -0.971. The Hall–Kier alpha value is -1.36.